The molecule has 0 spiro atoms. The van der Waals surface area contributed by atoms with Crippen LogP contribution in [0.3, 0.4) is 0 Å². The van der Waals surface area contributed by atoms with Crippen LogP contribution in [-0.4, -0.2) is 55.5 Å². The highest BCUT2D eigenvalue weighted by molar-refractivity contribution is 5.78. The predicted octanol–water partition coefficient (Wildman–Crippen LogP) is 2.87. The molecular formula is C21H32N2O4. The number of hydrogen-bond acceptors (Lipinski definition) is 4. The Bertz CT molecular complexity index is 672. The minimum Gasteiger partial charge on any atom is -0.493 e. The second-order valence-corrected chi connectivity index (χ2v) is 7.48. The lowest BCUT2D eigenvalue weighted by Gasteiger charge is -2.30. The lowest BCUT2D eigenvalue weighted by Crippen LogP contribution is -2.39. The van der Waals surface area contributed by atoms with E-state index < -0.39 is 0 Å². The van der Waals surface area contributed by atoms with E-state index in [1.54, 1.807) is 26.0 Å². The quantitative estimate of drug-likeness (QED) is 0.700. The van der Waals surface area contributed by atoms with Gasteiger partial charge in [-0.25, -0.2) is 0 Å². The zero-order chi connectivity index (χ0) is 20.0. The molecule has 0 bridgehead atoms. The van der Waals surface area contributed by atoms with E-state index in [1.165, 1.54) is 5.56 Å². The van der Waals surface area contributed by atoms with Crippen molar-refractivity contribution in [2.75, 3.05) is 33.9 Å². The van der Waals surface area contributed by atoms with E-state index in [0.717, 1.165) is 24.2 Å². The van der Waals surface area contributed by atoms with Gasteiger partial charge in [-0.2, -0.15) is 0 Å². The van der Waals surface area contributed by atoms with Crippen molar-refractivity contribution in [2.24, 2.45) is 5.92 Å². The van der Waals surface area contributed by atoms with Gasteiger partial charge in [0.2, 0.25) is 11.8 Å². The summed E-state index contributed by atoms with van der Waals surface area (Å²) in [5, 5.41) is 0. The van der Waals surface area contributed by atoms with Crippen molar-refractivity contribution in [1.29, 1.82) is 0 Å². The Morgan fingerprint density at radius 3 is 2.30 bits per heavy atom. The Hall–Kier alpha value is -2.24. The molecule has 1 heterocycles. The summed E-state index contributed by atoms with van der Waals surface area (Å²) in [6.45, 7) is 8.29. The standard InChI is InChI=1S/C21H32N2O4/c1-15(2)6-9-22(16(3)24)11-8-21(25)23-10-7-17-12-19(26-4)20(27-5)13-18(17)14-23/h12-13,15H,6-11,14H2,1-5H3. The van der Waals surface area contributed by atoms with Gasteiger partial charge < -0.3 is 19.3 Å². The second kappa shape index (κ2) is 9.62. The van der Waals surface area contributed by atoms with Gasteiger partial charge >= 0.3 is 0 Å². The third-order valence-corrected chi connectivity index (χ3v) is 5.09. The van der Waals surface area contributed by atoms with Gasteiger partial charge in [-0.1, -0.05) is 13.8 Å². The summed E-state index contributed by atoms with van der Waals surface area (Å²) in [6.07, 6.45) is 2.11. The fourth-order valence-electron chi connectivity index (χ4n) is 3.33. The first-order chi connectivity index (χ1) is 12.8. The molecule has 0 saturated heterocycles. The number of rotatable bonds is 8. The van der Waals surface area contributed by atoms with Gasteiger partial charge in [0.25, 0.3) is 0 Å². The maximum Gasteiger partial charge on any atom is 0.224 e. The van der Waals surface area contributed by atoms with Crippen LogP contribution in [0.5, 0.6) is 11.5 Å². The van der Waals surface area contributed by atoms with Crippen LogP contribution in [0.2, 0.25) is 0 Å². The normalized spacial score (nSPS) is 13.3. The van der Waals surface area contributed by atoms with Gasteiger partial charge in [0.15, 0.2) is 11.5 Å². The van der Waals surface area contributed by atoms with Crippen LogP contribution < -0.4 is 9.47 Å². The number of nitrogens with zero attached hydrogens (tertiary/aromatic N) is 2. The molecule has 2 amide bonds. The number of fused-ring (bicyclic) bond motifs is 1. The molecule has 0 atom stereocenters. The van der Waals surface area contributed by atoms with Crippen molar-refractivity contribution in [3.05, 3.63) is 23.3 Å². The zero-order valence-electron chi connectivity index (χ0n) is 17.2. The number of methoxy groups -OCH3 is 2. The van der Waals surface area contributed by atoms with E-state index in [4.69, 9.17) is 9.47 Å². The molecule has 6 heteroatoms. The molecule has 27 heavy (non-hydrogen) atoms. The molecule has 0 N–H and O–H groups in total. The van der Waals surface area contributed by atoms with E-state index >= 15 is 0 Å². The summed E-state index contributed by atoms with van der Waals surface area (Å²) in [7, 11) is 3.24. The number of ether oxygens (including phenoxy) is 2. The van der Waals surface area contributed by atoms with Crippen molar-refractivity contribution in [2.45, 2.75) is 46.6 Å². The highest BCUT2D eigenvalue weighted by Gasteiger charge is 2.23. The summed E-state index contributed by atoms with van der Waals surface area (Å²) in [5.41, 5.74) is 2.29. The Morgan fingerprint density at radius 2 is 1.74 bits per heavy atom. The molecule has 2 rings (SSSR count). The first kappa shape index (κ1) is 21.1. The molecule has 1 aromatic rings. The Labute approximate surface area is 162 Å². The van der Waals surface area contributed by atoms with Gasteiger partial charge in [-0.15, -0.1) is 0 Å². The van der Waals surface area contributed by atoms with Crippen molar-refractivity contribution >= 4 is 11.8 Å². The van der Waals surface area contributed by atoms with Gasteiger partial charge in [-0.05, 0) is 42.0 Å². The molecule has 150 valence electrons. The third kappa shape index (κ3) is 5.62. The van der Waals surface area contributed by atoms with Crippen LogP contribution in [0.1, 0.15) is 44.7 Å². The summed E-state index contributed by atoms with van der Waals surface area (Å²) in [6, 6.07) is 3.96. The maximum atomic E-state index is 12.7. The van der Waals surface area contributed by atoms with Crippen LogP contribution in [0.4, 0.5) is 0 Å². The van der Waals surface area contributed by atoms with Crippen molar-refractivity contribution in [1.82, 2.24) is 9.80 Å². The van der Waals surface area contributed by atoms with Crippen molar-refractivity contribution in [3.63, 3.8) is 0 Å². The van der Waals surface area contributed by atoms with Crippen LogP contribution in [0.25, 0.3) is 0 Å². The molecule has 1 aliphatic rings. The first-order valence-electron chi connectivity index (χ1n) is 9.62. The molecule has 6 nitrogen and oxygen atoms in total. The second-order valence-electron chi connectivity index (χ2n) is 7.48. The number of amides is 2. The first-order valence-corrected chi connectivity index (χ1v) is 9.62. The lowest BCUT2D eigenvalue weighted by atomic mass is 9.98. The van der Waals surface area contributed by atoms with E-state index in [0.29, 0.717) is 44.3 Å². The van der Waals surface area contributed by atoms with Gasteiger partial charge in [0, 0.05) is 39.5 Å². The van der Waals surface area contributed by atoms with Gasteiger partial charge in [0.05, 0.1) is 14.2 Å². The Morgan fingerprint density at radius 1 is 1.11 bits per heavy atom. The molecular weight excluding hydrogens is 344 g/mol. The summed E-state index contributed by atoms with van der Waals surface area (Å²) in [5.74, 6) is 2.06. The number of carbonyl (C=O) groups excluding carboxylic acids is 2. The van der Waals surface area contributed by atoms with E-state index in [9.17, 15) is 9.59 Å². The fourth-order valence-corrected chi connectivity index (χ4v) is 3.33. The van der Waals surface area contributed by atoms with Crippen molar-refractivity contribution < 1.29 is 19.1 Å². The van der Waals surface area contributed by atoms with Crippen molar-refractivity contribution in [3.8, 4) is 11.5 Å². The molecule has 1 aliphatic heterocycles. The predicted molar refractivity (Wildman–Crippen MR) is 105 cm³/mol. The average Bonchev–Trinajstić information content (AvgIpc) is 2.65. The molecule has 0 aromatic heterocycles. The summed E-state index contributed by atoms with van der Waals surface area (Å²) < 4.78 is 10.7. The smallest absolute Gasteiger partial charge is 0.224 e. The third-order valence-electron chi connectivity index (χ3n) is 5.09. The van der Waals surface area contributed by atoms with Gasteiger partial charge in [0.1, 0.15) is 0 Å². The zero-order valence-corrected chi connectivity index (χ0v) is 17.2. The number of carbonyl (C=O) groups is 2. The SMILES string of the molecule is COc1cc2c(cc1OC)CN(C(=O)CCN(CCC(C)C)C(C)=O)CC2. The summed E-state index contributed by atoms with van der Waals surface area (Å²) in [4.78, 5) is 28.1. The Kier molecular flexibility index (Phi) is 7.51. The van der Waals surface area contributed by atoms with E-state index in [1.807, 2.05) is 17.0 Å². The number of hydrogen-bond donors (Lipinski definition) is 0. The molecule has 0 fully saturated rings. The lowest BCUT2D eigenvalue weighted by molar-refractivity contribution is -0.134. The fraction of sp³-hybridized carbons (Fsp3) is 0.619. The molecule has 0 radical (unpaired) electrons. The van der Waals surface area contributed by atoms with Gasteiger partial charge in [-0.3, -0.25) is 9.59 Å². The van der Waals surface area contributed by atoms with Crippen LogP contribution in [0.15, 0.2) is 12.1 Å². The molecule has 1 aromatic carbocycles. The van der Waals surface area contributed by atoms with Crippen LogP contribution in [0, 0.1) is 5.92 Å². The minimum atomic E-state index is 0.0317. The van der Waals surface area contributed by atoms with Crippen LogP contribution in [-0.2, 0) is 22.6 Å². The molecule has 0 unspecified atom stereocenters. The largest absolute Gasteiger partial charge is 0.493 e. The van der Waals surface area contributed by atoms with E-state index in [2.05, 4.69) is 13.8 Å². The monoisotopic (exact) mass is 376 g/mol. The average molecular weight is 376 g/mol. The molecule has 0 saturated carbocycles. The Balaban J connectivity index is 1.97. The number of benzene rings is 1. The minimum absolute atomic E-state index is 0.0317. The van der Waals surface area contributed by atoms with E-state index in [-0.39, 0.29) is 11.8 Å². The highest BCUT2D eigenvalue weighted by atomic mass is 16.5. The highest BCUT2D eigenvalue weighted by Crippen LogP contribution is 2.33. The van der Waals surface area contributed by atoms with Crippen LogP contribution >= 0.6 is 0 Å². The maximum absolute atomic E-state index is 12.7. The summed E-state index contributed by atoms with van der Waals surface area (Å²) >= 11 is 0. The topological polar surface area (TPSA) is 59.1 Å². The molecule has 0 aliphatic carbocycles.